The minimum Gasteiger partial charge on any atom is -0.375 e. The van der Waals surface area contributed by atoms with Gasteiger partial charge in [0, 0.05) is 0 Å². The van der Waals surface area contributed by atoms with Crippen LogP contribution in [0.25, 0.3) is 0 Å². The van der Waals surface area contributed by atoms with Gasteiger partial charge in [0.05, 0.1) is 13.2 Å². The molecule has 0 saturated heterocycles. The number of hydrogen-bond donors (Lipinski definition) is 1. The van der Waals surface area contributed by atoms with Crippen LogP contribution in [0.5, 0.6) is 0 Å². The summed E-state index contributed by atoms with van der Waals surface area (Å²) in [4.78, 5) is 0. The predicted octanol–water partition coefficient (Wildman–Crippen LogP) is 1.13. The highest BCUT2D eigenvalue weighted by Gasteiger charge is 1.91. The van der Waals surface area contributed by atoms with Crippen LogP contribution in [0, 0.1) is 0 Å². The second-order valence-electron chi connectivity index (χ2n) is 1.34. The third kappa shape index (κ3) is 11.7. The van der Waals surface area contributed by atoms with E-state index in [4.69, 9.17) is 22.1 Å². The first kappa shape index (κ1) is 12.0. The van der Waals surface area contributed by atoms with Gasteiger partial charge in [0.15, 0.2) is 0 Å². The molecule has 2 nitrogen and oxygen atoms in total. The first-order chi connectivity index (χ1) is 3.77. The molecule has 0 aliphatic carbocycles. The van der Waals surface area contributed by atoms with Crippen molar-refractivity contribution in [3.63, 3.8) is 0 Å². The van der Waals surface area contributed by atoms with Crippen LogP contribution in [0.1, 0.15) is 0 Å². The zero-order valence-corrected chi connectivity index (χ0v) is 6.62. The van der Waals surface area contributed by atoms with E-state index in [2.05, 4.69) is 6.58 Å². The molecule has 0 aliphatic rings. The smallest absolute Gasteiger partial charge is 0.104 e. The maximum atomic E-state index is 5.33. The maximum absolute atomic E-state index is 5.33. The van der Waals surface area contributed by atoms with E-state index in [0.717, 1.165) is 0 Å². The number of rotatable bonds is 4. The van der Waals surface area contributed by atoms with Crippen molar-refractivity contribution >= 4 is 24.0 Å². The lowest BCUT2D eigenvalue weighted by Crippen LogP contribution is -2.18. The van der Waals surface area contributed by atoms with Crippen LogP contribution in [-0.2, 0) is 4.74 Å². The summed E-state index contributed by atoms with van der Waals surface area (Å²) >= 11 is 5.33. The molecular weight excluding hydrogens is 161 g/mol. The molecule has 1 unspecified atom stereocenters. The quantitative estimate of drug-likeness (QED) is 0.298. The van der Waals surface area contributed by atoms with E-state index < -0.39 is 5.50 Å². The Morgan fingerprint density at radius 1 is 1.78 bits per heavy atom. The van der Waals surface area contributed by atoms with Crippen molar-refractivity contribution in [3.05, 3.63) is 12.7 Å². The third-order valence-electron chi connectivity index (χ3n) is 0.513. The Kier molecular flexibility index (Phi) is 11.0. The average molecular weight is 172 g/mol. The summed E-state index contributed by atoms with van der Waals surface area (Å²) < 4.78 is 4.87. The minimum absolute atomic E-state index is 0. The summed E-state index contributed by atoms with van der Waals surface area (Å²) in [6.45, 7) is 4.35. The topological polar surface area (TPSA) is 35.2 Å². The molecule has 0 saturated carbocycles. The average Bonchev–Trinajstić information content (AvgIpc) is 1.66. The highest BCUT2D eigenvalue weighted by atomic mass is 35.5. The van der Waals surface area contributed by atoms with Crippen molar-refractivity contribution in [1.29, 1.82) is 0 Å². The number of nitrogens with two attached hydrogens (primary N) is 1. The third-order valence-corrected chi connectivity index (χ3v) is 0.639. The molecule has 0 heterocycles. The Morgan fingerprint density at radius 3 is 2.67 bits per heavy atom. The van der Waals surface area contributed by atoms with Crippen molar-refractivity contribution in [2.45, 2.75) is 5.50 Å². The van der Waals surface area contributed by atoms with E-state index in [1.165, 1.54) is 0 Å². The van der Waals surface area contributed by atoms with Gasteiger partial charge in [-0.1, -0.05) is 6.08 Å². The van der Waals surface area contributed by atoms with Gasteiger partial charge in [0.25, 0.3) is 0 Å². The van der Waals surface area contributed by atoms with Gasteiger partial charge >= 0.3 is 0 Å². The molecule has 56 valence electrons. The van der Waals surface area contributed by atoms with Gasteiger partial charge in [-0.25, -0.2) is 0 Å². The summed E-state index contributed by atoms with van der Waals surface area (Å²) in [6, 6.07) is 0. The first-order valence-electron chi connectivity index (χ1n) is 2.35. The Morgan fingerprint density at radius 2 is 2.33 bits per heavy atom. The molecule has 0 aromatic heterocycles. The largest absolute Gasteiger partial charge is 0.375 e. The SMILES string of the molecule is C=CCOCC(N)Cl.Cl. The molecule has 0 radical (unpaired) electrons. The van der Waals surface area contributed by atoms with Crippen molar-refractivity contribution in [2.24, 2.45) is 5.73 Å². The molecule has 0 aromatic carbocycles. The van der Waals surface area contributed by atoms with E-state index >= 15 is 0 Å². The van der Waals surface area contributed by atoms with Crippen LogP contribution in [0.2, 0.25) is 0 Å². The molecule has 0 bridgehead atoms. The summed E-state index contributed by atoms with van der Waals surface area (Å²) in [5.74, 6) is 0. The number of halogens is 2. The summed E-state index contributed by atoms with van der Waals surface area (Å²) in [7, 11) is 0. The predicted molar refractivity (Wildman–Crippen MR) is 42.1 cm³/mol. The summed E-state index contributed by atoms with van der Waals surface area (Å²) in [5.41, 5.74) is 4.75. The molecule has 4 heteroatoms. The van der Waals surface area contributed by atoms with Crippen LogP contribution in [0.4, 0.5) is 0 Å². The van der Waals surface area contributed by atoms with E-state index in [0.29, 0.717) is 13.2 Å². The fraction of sp³-hybridized carbons (Fsp3) is 0.600. The Labute approximate surface area is 66.4 Å². The second kappa shape index (κ2) is 8.24. The first-order valence-corrected chi connectivity index (χ1v) is 2.79. The molecule has 0 fully saturated rings. The molecule has 9 heavy (non-hydrogen) atoms. The van der Waals surface area contributed by atoms with Gasteiger partial charge in [-0.15, -0.1) is 30.6 Å². The van der Waals surface area contributed by atoms with Gasteiger partial charge in [-0.05, 0) is 0 Å². The molecular formula is C5H11Cl2NO. The van der Waals surface area contributed by atoms with Crippen molar-refractivity contribution in [3.8, 4) is 0 Å². The highest BCUT2D eigenvalue weighted by Crippen LogP contribution is 1.85. The van der Waals surface area contributed by atoms with Gasteiger partial charge < -0.3 is 10.5 Å². The van der Waals surface area contributed by atoms with Gasteiger partial charge in [0.1, 0.15) is 5.50 Å². The van der Waals surface area contributed by atoms with Gasteiger partial charge in [0.2, 0.25) is 0 Å². The molecule has 0 aliphatic heterocycles. The lowest BCUT2D eigenvalue weighted by Gasteiger charge is -2.00. The van der Waals surface area contributed by atoms with Crippen LogP contribution >= 0.6 is 24.0 Å². The van der Waals surface area contributed by atoms with Crippen molar-refractivity contribution < 1.29 is 4.74 Å². The fourth-order valence-corrected chi connectivity index (χ4v) is 0.353. The summed E-state index contributed by atoms with van der Waals surface area (Å²) in [5, 5.41) is 0. The monoisotopic (exact) mass is 171 g/mol. The van der Waals surface area contributed by atoms with Crippen molar-refractivity contribution in [1.82, 2.24) is 0 Å². The van der Waals surface area contributed by atoms with E-state index in [1.807, 2.05) is 0 Å². The lowest BCUT2D eigenvalue weighted by molar-refractivity contribution is 0.163. The molecule has 0 aromatic rings. The van der Waals surface area contributed by atoms with Gasteiger partial charge in [-0.2, -0.15) is 0 Å². The standard InChI is InChI=1S/C5H10ClNO.ClH/c1-2-3-8-4-5(6)7;/h2,5H,1,3-4,7H2;1H. The lowest BCUT2D eigenvalue weighted by atomic mass is 10.6. The van der Waals surface area contributed by atoms with Crippen LogP contribution in [0.3, 0.4) is 0 Å². The second-order valence-corrected chi connectivity index (χ2v) is 1.90. The zero-order valence-electron chi connectivity index (χ0n) is 5.05. The van der Waals surface area contributed by atoms with E-state index in [-0.39, 0.29) is 12.4 Å². The van der Waals surface area contributed by atoms with Crippen LogP contribution < -0.4 is 5.73 Å². The maximum Gasteiger partial charge on any atom is 0.104 e. The Balaban J connectivity index is 0. The summed E-state index contributed by atoms with van der Waals surface area (Å²) in [6.07, 6.45) is 1.65. The zero-order chi connectivity index (χ0) is 6.41. The molecule has 1 atom stereocenters. The number of ether oxygens (including phenoxy) is 1. The van der Waals surface area contributed by atoms with E-state index in [1.54, 1.807) is 6.08 Å². The minimum atomic E-state index is -0.394. The Hall–Kier alpha value is 0.240. The highest BCUT2D eigenvalue weighted by molar-refractivity contribution is 6.20. The van der Waals surface area contributed by atoms with Crippen LogP contribution in [0.15, 0.2) is 12.7 Å². The van der Waals surface area contributed by atoms with E-state index in [9.17, 15) is 0 Å². The van der Waals surface area contributed by atoms with Gasteiger partial charge in [-0.3, -0.25) is 0 Å². The molecule has 2 N–H and O–H groups in total. The molecule has 0 rings (SSSR count). The fourth-order valence-electron chi connectivity index (χ4n) is 0.264. The normalized spacial score (nSPS) is 11.8. The molecule has 0 spiro atoms. The van der Waals surface area contributed by atoms with Crippen LogP contribution in [-0.4, -0.2) is 18.7 Å². The molecule has 0 amide bonds. The number of alkyl halides is 1. The van der Waals surface area contributed by atoms with Crippen molar-refractivity contribution in [2.75, 3.05) is 13.2 Å². The number of hydrogen-bond acceptors (Lipinski definition) is 2. The Bertz CT molecular complexity index is 68.0.